The fourth-order valence-electron chi connectivity index (χ4n) is 4.40. The standard InChI is InChI=1S/C20H24N2O4/c1-4-17-19(16-11-21-18-8-6-5-7-15(16)18)22(12-23)10-9-20(17,13(2)24)26-14(3)25/h5-8,11-12,17,19,21H,4,9-10H2,1-3H3/t17-,19-,20+/m0/s1. The molecule has 0 saturated carbocycles. The van der Waals surface area contributed by atoms with Gasteiger partial charge in [0.05, 0.1) is 6.04 Å². The van der Waals surface area contributed by atoms with Crippen LogP contribution in [0.2, 0.25) is 0 Å². The highest BCUT2D eigenvalue weighted by atomic mass is 16.6. The van der Waals surface area contributed by atoms with Gasteiger partial charge in [0.1, 0.15) is 0 Å². The Morgan fingerprint density at radius 3 is 2.69 bits per heavy atom. The van der Waals surface area contributed by atoms with Crippen LogP contribution in [0.5, 0.6) is 0 Å². The first-order valence-corrected chi connectivity index (χ1v) is 8.92. The van der Waals surface area contributed by atoms with E-state index in [1.54, 1.807) is 4.90 Å². The van der Waals surface area contributed by atoms with Crippen LogP contribution in [0.15, 0.2) is 30.5 Å². The smallest absolute Gasteiger partial charge is 0.303 e. The maximum Gasteiger partial charge on any atom is 0.303 e. The largest absolute Gasteiger partial charge is 0.451 e. The van der Waals surface area contributed by atoms with Gasteiger partial charge in [0.25, 0.3) is 0 Å². The van der Waals surface area contributed by atoms with Gasteiger partial charge < -0.3 is 14.6 Å². The summed E-state index contributed by atoms with van der Waals surface area (Å²) in [6, 6.07) is 7.51. The van der Waals surface area contributed by atoms with Gasteiger partial charge >= 0.3 is 5.97 Å². The second-order valence-corrected chi connectivity index (χ2v) is 6.88. The molecule has 3 atom stereocenters. The number of esters is 1. The molecular formula is C20H24N2O4. The number of likely N-dealkylation sites (tertiary alicyclic amines) is 1. The molecule has 0 spiro atoms. The molecule has 6 nitrogen and oxygen atoms in total. The average Bonchev–Trinajstić information content (AvgIpc) is 3.04. The first kappa shape index (κ1) is 18.2. The van der Waals surface area contributed by atoms with Crippen molar-refractivity contribution in [3.63, 3.8) is 0 Å². The van der Waals surface area contributed by atoms with Gasteiger partial charge in [-0.2, -0.15) is 0 Å². The number of para-hydroxylation sites is 1. The Bertz CT molecular complexity index is 843. The van der Waals surface area contributed by atoms with Crippen molar-refractivity contribution in [2.45, 2.75) is 45.3 Å². The number of ether oxygens (including phenoxy) is 1. The summed E-state index contributed by atoms with van der Waals surface area (Å²) in [7, 11) is 0. The molecule has 1 aliphatic rings. The van der Waals surface area contributed by atoms with E-state index in [9.17, 15) is 14.4 Å². The van der Waals surface area contributed by atoms with E-state index in [1.165, 1.54) is 13.8 Å². The molecule has 1 fully saturated rings. The van der Waals surface area contributed by atoms with E-state index in [2.05, 4.69) is 4.98 Å². The number of amides is 1. The minimum Gasteiger partial charge on any atom is -0.451 e. The summed E-state index contributed by atoms with van der Waals surface area (Å²) in [5.74, 6) is -0.965. The minimum absolute atomic E-state index is 0.171. The Labute approximate surface area is 152 Å². The Hall–Kier alpha value is -2.63. The maximum absolute atomic E-state index is 12.6. The van der Waals surface area contributed by atoms with Gasteiger partial charge in [0.2, 0.25) is 6.41 Å². The Morgan fingerprint density at radius 1 is 1.35 bits per heavy atom. The SMILES string of the molecule is CC[C@H]1[C@H](c2c[nH]c3ccccc23)N(C=O)CC[C@@]1(OC(C)=O)C(C)=O. The predicted octanol–water partition coefficient (Wildman–Crippen LogP) is 2.99. The predicted molar refractivity (Wildman–Crippen MR) is 97.4 cm³/mol. The van der Waals surface area contributed by atoms with Crippen molar-refractivity contribution in [3.8, 4) is 0 Å². The third-order valence-corrected chi connectivity index (χ3v) is 5.52. The molecule has 1 saturated heterocycles. The number of benzene rings is 1. The van der Waals surface area contributed by atoms with Crippen LogP contribution in [0, 0.1) is 5.92 Å². The molecule has 0 aliphatic carbocycles. The third-order valence-electron chi connectivity index (χ3n) is 5.52. The lowest BCUT2D eigenvalue weighted by Crippen LogP contribution is -2.58. The van der Waals surface area contributed by atoms with Crippen molar-refractivity contribution in [2.75, 3.05) is 6.54 Å². The van der Waals surface area contributed by atoms with Gasteiger partial charge in [-0.05, 0) is 19.4 Å². The molecule has 0 unspecified atom stereocenters. The molecule has 6 heteroatoms. The topological polar surface area (TPSA) is 79.5 Å². The number of H-pyrrole nitrogens is 1. The lowest BCUT2D eigenvalue weighted by atomic mass is 9.70. The van der Waals surface area contributed by atoms with Crippen molar-refractivity contribution in [2.24, 2.45) is 5.92 Å². The normalized spacial score (nSPS) is 25.9. The van der Waals surface area contributed by atoms with Gasteiger partial charge in [0, 0.05) is 48.5 Å². The van der Waals surface area contributed by atoms with Crippen LogP contribution in [-0.2, 0) is 19.1 Å². The Kier molecular flexibility index (Phi) is 4.85. The zero-order valence-electron chi connectivity index (χ0n) is 15.3. The van der Waals surface area contributed by atoms with Crippen molar-refractivity contribution in [3.05, 3.63) is 36.0 Å². The molecule has 3 rings (SSSR count). The van der Waals surface area contributed by atoms with Gasteiger partial charge in [0.15, 0.2) is 11.4 Å². The van der Waals surface area contributed by atoms with Crippen LogP contribution < -0.4 is 0 Å². The molecule has 2 heterocycles. The quantitative estimate of drug-likeness (QED) is 0.660. The first-order valence-electron chi connectivity index (χ1n) is 8.92. The highest BCUT2D eigenvalue weighted by molar-refractivity contribution is 5.89. The Balaban J connectivity index is 2.17. The summed E-state index contributed by atoms with van der Waals surface area (Å²) < 4.78 is 5.64. The summed E-state index contributed by atoms with van der Waals surface area (Å²) in [6.45, 7) is 5.11. The summed E-state index contributed by atoms with van der Waals surface area (Å²) in [5.41, 5.74) is 0.704. The lowest BCUT2D eigenvalue weighted by molar-refractivity contribution is -0.184. The van der Waals surface area contributed by atoms with Crippen LogP contribution in [0.25, 0.3) is 10.9 Å². The van der Waals surface area contributed by atoms with Crippen molar-refractivity contribution in [1.82, 2.24) is 9.88 Å². The number of carbonyl (C=O) groups excluding carboxylic acids is 3. The molecule has 0 bridgehead atoms. The zero-order chi connectivity index (χ0) is 18.9. The molecular weight excluding hydrogens is 332 g/mol. The molecule has 1 aromatic carbocycles. The van der Waals surface area contributed by atoms with E-state index < -0.39 is 11.6 Å². The number of nitrogens with zero attached hydrogens (tertiary/aromatic N) is 1. The molecule has 138 valence electrons. The van der Waals surface area contributed by atoms with E-state index in [0.717, 1.165) is 22.9 Å². The number of aromatic nitrogens is 1. The van der Waals surface area contributed by atoms with Crippen LogP contribution in [0.3, 0.4) is 0 Å². The molecule has 1 aliphatic heterocycles. The number of hydrogen-bond donors (Lipinski definition) is 1. The minimum atomic E-state index is -1.21. The number of aromatic amines is 1. The van der Waals surface area contributed by atoms with Gasteiger partial charge in [-0.3, -0.25) is 14.4 Å². The summed E-state index contributed by atoms with van der Waals surface area (Å²) in [4.78, 5) is 41.1. The van der Waals surface area contributed by atoms with Gasteiger partial charge in [-0.15, -0.1) is 0 Å². The summed E-state index contributed by atoms with van der Waals surface area (Å²) in [6.07, 6.45) is 3.63. The van der Waals surface area contributed by atoms with E-state index in [0.29, 0.717) is 19.4 Å². The number of nitrogens with one attached hydrogen (secondary N) is 1. The van der Waals surface area contributed by atoms with Gasteiger partial charge in [-0.1, -0.05) is 25.1 Å². The number of Topliss-reactive ketones (excluding diaryl/α,β-unsaturated/α-hetero) is 1. The molecule has 1 N–H and O–H groups in total. The fourth-order valence-corrected chi connectivity index (χ4v) is 4.40. The van der Waals surface area contributed by atoms with Crippen molar-refractivity contribution in [1.29, 1.82) is 0 Å². The highest BCUT2D eigenvalue weighted by Crippen LogP contribution is 2.47. The molecule has 1 amide bonds. The van der Waals surface area contributed by atoms with E-state index in [1.807, 2.05) is 37.4 Å². The van der Waals surface area contributed by atoms with E-state index in [-0.39, 0.29) is 17.7 Å². The monoisotopic (exact) mass is 356 g/mol. The molecule has 2 aromatic rings. The van der Waals surface area contributed by atoms with Gasteiger partial charge in [-0.25, -0.2) is 0 Å². The van der Waals surface area contributed by atoms with Crippen LogP contribution in [0.1, 0.15) is 45.2 Å². The zero-order valence-corrected chi connectivity index (χ0v) is 15.3. The molecule has 1 aromatic heterocycles. The number of piperidine rings is 1. The maximum atomic E-state index is 12.6. The van der Waals surface area contributed by atoms with Crippen molar-refractivity contribution >= 4 is 29.1 Å². The lowest BCUT2D eigenvalue weighted by Gasteiger charge is -2.49. The number of carbonyl (C=O) groups is 3. The molecule has 0 radical (unpaired) electrons. The third kappa shape index (κ3) is 2.79. The van der Waals surface area contributed by atoms with Crippen molar-refractivity contribution < 1.29 is 19.1 Å². The summed E-state index contributed by atoms with van der Waals surface area (Å²) in [5, 5.41) is 1.00. The number of ketones is 1. The highest BCUT2D eigenvalue weighted by Gasteiger charge is 2.54. The summed E-state index contributed by atoms with van der Waals surface area (Å²) >= 11 is 0. The van der Waals surface area contributed by atoms with E-state index in [4.69, 9.17) is 4.74 Å². The fraction of sp³-hybridized carbons (Fsp3) is 0.450. The Morgan fingerprint density at radius 2 is 2.08 bits per heavy atom. The number of hydrogen-bond acceptors (Lipinski definition) is 4. The van der Waals surface area contributed by atoms with Crippen LogP contribution >= 0.6 is 0 Å². The van der Waals surface area contributed by atoms with Crippen LogP contribution in [-0.4, -0.2) is 40.2 Å². The molecule has 26 heavy (non-hydrogen) atoms. The van der Waals surface area contributed by atoms with E-state index >= 15 is 0 Å². The average molecular weight is 356 g/mol. The first-order chi connectivity index (χ1) is 12.4. The second-order valence-electron chi connectivity index (χ2n) is 6.88. The number of fused-ring (bicyclic) bond motifs is 1. The second kappa shape index (κ2) is 6.94. The van der Waals surface area contributed by atoms with Crippen LogP contribution in [0.4, 0.5) is 0 Å². The number of rotatable bonds is 5.